The van der Waals surface area contributed by atoms with Crippen LogP contribution >= 0.6 is 23.2 Å². The van der Waals surface area contributed by atoms with Crippen LogP contribution in [0.2, 0.25) is 10.0 Å². The molecule has 0 N–H and O–H groups in total. The SMILES string of the molecule is CC(=NN1CCN(C2c3ccccc3-c3ccccc32)CC1)c1ccc(Cl)c(Cl)c1. The van der Waals surface area contributed by atoms with Crippen molar-refractivity contribution in [2.45, 2.75) is 13.0 Å². The molecule has 3 nitrogen and oxygen atoms in total. The summed E-state index contributed by atoms with van der Waals surface area (Å²) in [5.74, 6) is 0. The molecule has 1 aliphatic heterocycles. The van der Waals surface area contributed by atoms with Gasteiger partial charge in [0.25, 0.3) is 0 Å². The molecule has 2 aliphatic rings. The molecule has 1 fully saturated rings. The Kier molecular flexibility index (Phi) is 5.28. The highest BCUT2D eigenvalue weighted by Gasteiger charge is 2.33. The van der Waals surface area contributed by atoms with Crippen molar-refractivity contribution in [1.29, 1.82) is 0 Å². The van der Waals surface area contributed by atoms with Crippen molar-refractivity contribution >= 4 is 28.9 Å². The van der Waals surface area contributed by atoms with E-state index in [2.05, 4.69) is 58.4 Å². The van der Waals surface area contributed by atoms with Gasteiger partial charge in [-0.2, -0.15) is 5.10 Å². The van der Waals surface area contributed by atoms with E-state index in [4.69, 9.17) is 28.3 Å². The number of hydrogen-bond donors (Lipinski definition) is 0. The first-order chi connectivity index (χ1) is 14.6. The third-order valence-electron chi connectivity index (χ3n) is 6.09. The molecule has 0 bridgehead atoms. The largest absolute Gasteiger partial charge is 0.294 e. The Morgan fingerprint density at radius 1 is 0.800 bits per heavy atom. The molecule has 5 heteroatoms. The summed E-state index contributed by atoms with van der Waals surface area (Å²) in [6, 6.07) is 23.6. The fourth-order valence-electron chi connectivity index (χ4n) is 4.58. The summed E-state index contributed by atoms with van der Waals surface area (Å²) >= 11 is 12.2. The van der Waals surface area contributed by atoms with Gasteiger partial charge in [-0.15, -0.1) is 0 Å². The smallest absolute Gasteiger partial charge is 0.0647 e. The molecule has 3 aromatic carbocycles. The van der Waals surface area contributed by atoms with Gasteiger partial charge in [-0.3, -0.25) is 9.91 Å². The van der Waals surface area contributed by atoms with Gasteiger partial charge in [0.15, 0.2) is 0 Å². The topological polar surface area (TPSA) is 18.8 Å². The predicted octanol–water partition coefficient (Wildman–Crippen LogP) is 6.11. The monoisotopic (exact) mass is 435 g/mol. The van der Waals surface area contributed by atoms with E-state index in [1.165, 1.54) is 22.3 Å². The van der Waals surface area contributed by atoms with Crippen LogP contribution in [-0.4, -0.2) is 41.8 Å². The summed E-state index contributed by atoms with van der Waals surface area (Å²) in [7, 11) is 0. The standard InChI is InChI=1S/C25H23Cl2N3/c1-17(18-10-11-23(26)24(27)16-18)28-30-14-12-29(13-15-30)25-21-8-4-2-6-19(21)20-7-3-5-9-22(20)25/h2-11,16,25H,12-15H2,1H3. The average molecular weight is 436 g/mol. The van der Waals surface area contributed by atoms with E-state index >= 15 is 0 Å². The third-order valence-corrected chi connectivity index (χ3v) is 6.82. The first kappa shape index (κ1) is 19.6. The maximum atomic E-state index is 6.17. The Morgan fingerprint density at radius 3 is 2.00 bits per heavy atom. The molecule has 0 spiro atoms. The molecule has 0 unspecified atom stereocenters. The maximum absolute atomic E-state index is 6.17. The number of hydrazone groups is 1. The molecule has 1 heterocycles. The van der Waals surface area contributed by atoms with E-state index in [0.717, 1.165) is 37.5 Å². The first-order valence-corrected chi connectivity index (χ1v) is 11.1. The van der Waals surface area contributed by atoms with E-state index < -0.39 is 0 Å². The minimum atomic E-state index is 0.333. The summed E-state index contributed by atoms with van der Waals surface area (Å²) in [5, 5.41) is 8.15. The highest BCUT2D eigenvalue weighted by atomic mass is 35.5. The van der Waals surface area contributed by atoms with Crippen LogP contribution in [0.1, 0.15) is 29.7 Å². The molecule has 1 aliphatic carbocycles. The fourth-order valence-corrected chi connectivity index (χ4v) is 4.88. The van der Waals surface area contributed by atoms with E-state index in [-0.39, 0.29) is 0 Å². The minimum absolute atomic E-state index is 0.333. The fraction of sp³-hybridized carbons (Fsp3) is 0.240. The second-order valence-corrected chi connectivity index (χ2v) is 8.70. The first-order valence-electron chi connectivity index (χ1n) is 10.3. The number of benzene rings is 3. The lowest BCUT2D eigenvalue weighted by atomic mass is 10.0. The van der Waals surface area contributed by atoms with Crippen LogP contribution in [0.4, 0.5) is 0 Å². The summed E-state index contributed by atoms with van der Waals surface area (Å²) in [5.41, 5.74) is 7.54. The Bertz CT molecular complexity index is 1070. The van der Waals surface area contributed by atoms with E-state index in [1.54, 1.807) is 0 Å². The third kappa shape index (κ3) is 3.51. The lowest BCUT2D eigenvalue weighted by Gasteiger charge is -2.37. The van der Waals surface area contributed by atoms with Crippen LogP contribution in [0.5, 0.6) is 0 Å². The molecule has 1 saturated heterocycles. The molecule has 0 saturated carbocycles. The molecule has 5 rings (SSSR count). The molecule has 0 atom stereocenters. The van der Waals surface area contributed by atoms with Crippen molar-refractivity contribution in [2.24, 2.45) is 5.10 Å². The van der Waals surface area contributed by atoms with Crippen LogP contribution in [-0.2, 0) is 0 Å². The van der Waals surface area contributed by atoms with Gasteiger partial charge < -0.3 is 0 Å². The molecule has 152 valence electrons. The van der Waals surface area contributed by atoms with Gasteiger partial charge in [0.05, 0.1) is 21.8 Å². The zero-order chi connectivity index (χ0) is 20.7. The number of fused-ring (bicyclic) bond motifs is 3. The highest BCUT2D eigenvalue weighted by molar-refractivity contribution is 6.42. The normalized spacial score (nSPS) is 17.2. The van der Waals surface area contributed by atoms with Crippen LogP contribution in [0.25, 0.3) is 11.1 Å². The van der Waals surface area contributed by atoms with Gasteiger partial charge >= 0.3 is 0 Å². The van der Waals surface area contributed by atoms with Gasteiger partial charge in [0, 0.05) is 26.2 Å². The Hall–Kier alpha value is -2.33. The average Bonchev–Trinajstić information content (AvgIpc) is 3.11. The summed E-state index contributed by atoms with van der Waals surface area (Å²) in [6.07, 6.45) is 0. The number of piperazine rings is 1. The number of nitrogens with zero attached hydrogens (tertiary/aromatic N) is 3. The summed E-state index contributed by atoms with van der Waals surface area (Å²) in [6.45, 7) is 5.78. The number of rotatable bonds is 3. The van der Waals surface area contributed by atoms with Crippen molar-refractivity contribution in [3.63, 3.8) is 0 Å². The van der Waals surface area contributed by atoms with Crippen molar-refractivity contribution in [3.05, 3.63) is 93.5 Å². The Labute approximate surface area is 187 Å². The molecule has 0 aromatic heterocycles. The quantitative estimate of drug-likeness (QED) is 0.462. The zero-order valence-corrected chi connectivity index (χ0v) is 18.4. The molecular formula is C25H23Cl2N3. The van der Waals surface area contributed by atoms with Crippen molar-refractivity contribution in [2.75, 3.05) is 26.2 Å². The molecule has 0 amide bonds. The molecule has 3 aromatic rings. The molecule has 30 heavy (non-hydrogen) atoms. The lowest BCUT2D eigenvalue weighted by Crippen LogP contribution is -2.45. The van der Waals surface area contributed by atoms with Crippen LogP contribution in [0.15, 0.2) is 71.8 Å². The second kappa shape index (κ2) is 8.07. The van der Waals surface area contributed by atoms with Gasteiger partial charge in [-0.1, -0.05) is 77.8 Å². The van der Waals surface area contributed by atoms with Crippen molar-refractivity contribution in [1.82, 2.24) is 9.91 Å². The van der Waals surface area contributed by atoms with Gasteiger partial charge in [-0.05, 0) is 46.9 Å². The predicted molar refractivity (Wildman–Crippen MR) is 126 cm³/mol. The summed E-state index contributed by atoms with van der Waals surface area (Å²) in [4.78, 5) is 2.59. The van der Waals surface area contributed by atoms with Crippen molar-refractivity contribution in [3.8, 4) is 11.1 Å². The van der Waals surface area contributed by atoms with Gasteiger partial charge in [0.1, 0.15) is 0 Å². The van der Waals surface area contributed by atoms with Crippen LogP contribution < -0.4 is 0 Å². The Morgan fingerprint density at radius 2 is 1.40 bits per heavy atom. The van der Waals surface area contributed by atoms with Crippen LogP contribution in [0, 0.1) is 0 Å². The zero-order valence-electron chi connectivity index (χ0n) is 16.9. The maximum Gasteiger partial charge on any atom is 0.0647 e. The molecular weight excluding hydrogens is 413 g/mol. The van der Waals surface area contributed by atoms with E-state index in [0.29, 0.717) is 16.1 Å². The molecule has 0 radical (unpaired) electrons. The Balaban J connectivity index is 1.33. The highest BCUT2D eigenvalue weighted by Crippen LogP contribution is 2.46. The van der Waals surface area contributed by atoms with Crippen LogP contribution in [0.3, 0.4) is 0 Å². The lowest BCUT2D eigenvalue weighted by molar-refractivity contribution is 0.114. The number of halogens is 2. The number of hydrogen-bond acceptors (Lipinski definition) is 3. The summed E-state index contributed by atoms with van der Waals surface area (Å²) < 4.78 is 0. The van der Waals surface area contributed by atoms with E-state index in [9.17, 15) is 0 Å². The van der Waals surface area contributed by atoms with Crippen molar-refractivity contribution < 1.29 is 0 Å². The van der Waals surface area contributed by atoms with Gasteiger partial charge in [-0.25, -0.2) is 0 Å². The minimum Gasteiger partial charge on any atom is -0.294 e. The van der Waals surface area contributed by atoms with E-state index in [1.807, 2.05) is 25.1 Å². The van der Waals surface area contributed by atoms with Gasteiger partial charge in [0.2, 0.25) is 0 Å². The second-order valence-electron chi connectivity index (χ2n) is 7.88.